The molecule has 0 aliphatic heterocycles. The van der Waals surface area contributed by atoms with E-state index < -0.39 is 11.6 Å². The maximum absolute atomic E-state index is 14.2. The van der Waals surface area contributed by atoms with Crippen molar-refractivity contribution in [2.24, 2.45) is 0 Å². The molecule has 0 fully saturated rings. The quantitative estimate of drug-likeness (QED) is 0.734. The molecule has 3 nitrogen and oxygen atoms in total. The first-order valence-corrected chi connectivity index (χ1v) is 6.94. The van der Waals surface area contributed by atoms with Crippen molar-refractivity contribution in [3.63, 3.8) is 0 Å². The summed E-state index contributed by atoms with van der Waals surface area (Å²) < 4.78 is 29.4. The highest BCUT2D eigenvalue weighted by atomic mass is 19.1. The molecule has 0 bridgehead atoms. The predicted octanol–water partition coefficient (Wildman–Crippen LogP) is 3.89. The number of aryl methyl sites for hydroxylation is 1. The molecular weight excluding hydrogens is 284 g/mol. The topological polar surface area (TPSA) is 30.7 Å². The fraction of sp³-hybridized carbons (Fsp3) is 0.176. The van der Waals surface area contributed by atoms with Crippen LogP contribution in [0.25, 0.3) is 11.3 Å². The summed E-state index contributed by atoms with van der Waals surface area (Å²) in [5, 5.41) is 4.14. The highest BCUT2D eigenvalue weighted by molar-refractivity contribution is 5.64. The Morgan fingerprint density at radius 2 is 2.00 bits per heavy atom. The van der Waals surface area contributed by atoms with Crippen LogP contribution in [0.4, 0.5) is 8.78 Å². The van der Waals surface area contributed by atoms with Crippen molar-refractivity contribution in [2.75, 3.05) is 0 Å². The molecule has 0 aliphatic rings. The molecule has 0 spiro atoms. The zero-order valence-electron chi connectivity index (χ0n) is 12.3. The highest BCUT2D eigenvalue weighted by Gasteiger charge is 2.14. The van der Waals surface area contributed by atoms with Gasteiger partial charge in [0.25, 0.3) is 0 Å². The van der Waals surface area contributed by atoms with Gasteiger partial charge in [-0.3, -0.25) is 9.67 Å². The largest absolute Gasteiger partial charge is 0.268 e. The second-order valence-electron chi connectivity index (χ2n) is 5.25. The van der Waals surface area contributed by atoms with Gasteiger partial charge in [0.15, 0.2) is 0 Å². The zero-order chi connectivity index (χ0) is 15.7. The third-order valence-electron chi connectivity index (χ3n) is 3.61. The molecule has 0 amide bonds. The average Bonchev–Trinajstić information content (AvgIpc) is 2.99. The Hall–Kier alpha value is -2.56. The number of nitrogens with zero attached hydrogens (tertiary/aromatic N) is 3. The highest BCUT2D eigenvalue weighted by Crippen LogP contribution is 2.27. The van der Waals surface area contributed by atoms with E-state index in [9.17, 15) is 8.78 Å². The molecule has 0 radical (unpaired) electrons. The van der Waals surface area contributed by atoms with E-state index in [0.717, 1.165) is 11.1 Å². The van der Waals surface area contributed by atoms with E-state index in [0.29, 0.717) is 17.8 Å². The van der Waals surface area contributed by atoms with Crippen LogP contribution >= 0.6 is 0 Å². The van der Waals surface area contributed by atoms with Crippen LogP contribution in [0.2, 0.25) is 0 Å². The van der Waals surface area contributed by atoms with Crippen LogP contribution in [-0.2, 0) is 6.54 Å². The van der Waals surface area contributed by atoms with E-state index >= 15 is 0 Å². The van der Waals surface area contributed by atoms with Crippen molar-refractivity contribution >= 4 is 0 Å². The van der Waals surface area contributed by atoms with Crippen molar-refractivity contribution < 1.29 is 8.78 Å². The van der Waals surface area contributed by atoms with Crippen molar-refractivity contribution in [1.82, 2.24) is 14.8 Å². The maximum atomic E-state index is 14.2. The predicted molar refractivity (Wildman–Crippen MR) is 80.4 cm³/mol. The molecular formula is C17H15F2N3. The summed E-state index contributed by atoms with van der Waals surface area (Å²) in [5.41, 5.74) is 2.69. The SMILES string of the molecule is Cc1cc(Cn2cccn2)cnc1-c1ccc(F)c(C)c1F. The molecule has 0 saturated carbocycles. The molecule has 0 unspecified atom stereocenters. The van der Waals surface area contributed by atoms with Gasteiger partial charge in [-0.05, 0) is 43.2 Å². The number of hydrogen-bond donors (Lipinski definition) is 0. The number of halogens is 2. The Morgan fingerprint density at radius 3 is 2.68 bits per heavy atom. The second-order valence-corrected chi connectivity index (χ2v) is 5.25. The number of rotatable bonds is 3. The zero-order valence-corrected chi connectivity index (χ0v) is 12.3. The van der Waals surface area contributed by atoms with E-state index in [-0.39, 0.29) is 5.56 Å². The summed E-state index contributed by atoms with van der Waals surface area (Å²) >= 11 is 0. The van der Waals surface area contributed by atoms with Crippen molar-refractivity contribution in [3.05, 3.63) is 71.2 Å². The summed E-state index contributed by atoms with van der Waals surface area (Å²) in [5.74, 6) is -1.11. The fourth-order valence-corrected chi connectivity index (χ4v) is 2.43. The van der Waals surface area contributed by atoms with Crippen LogP contribution in [0.5, 0.6) is 0 Å². The lowest BCUT2D eigenvalue weighted by Crippen LogP contribution is -2.02. The number of benzene rings is 1. The lowest BCUT2D eigenvalue weighted by molar-refractivity contribution is 0.570. The summed E-state index contributed by atoms with van der Waals surface area (Å²) in [6.45, 7) is 3.90. The van der Waals surface area contributed by atoms with Crippen LogP contribution in [0.15, 0.2) is 42.9 Å². The fourth-order valence-electron chi connectivity index (χ4n) is 2.43. The number of pyridine rings is 1. The first-order valence-electron chi connectivity index (χ1n) is 6.94. The van der Waals surface area contributed by atoms with Crippen LogP contribution in [0, 0.1) is 25.5 Å². The molecule has 1 aromatic carbocycles. The van der Waals surface area contributed by atoms with Gasteiger partial charge < -0.3 is 0 Å². The summed E-state index contributed by atoms with van der Waals surface area (Å²) in [4.78, 5) is 4.36. The van der Waals surface area contributed by atoms with E-state index in [1.54, 1.807) is 17.1 Å². The van der Waals surface area contributed by atoms with Gasteiger partial charge in [-0.1, -0.05) is 6.07 Å². The van der Waals surface area contributed by atoms with E-state index in [4.69, 9.17) is 0 Å². The van der Waals surface area contributed by atoms with Crippen LogP contribution in [-0.4, -0.2) is 14.8 Å². The standard InChI is InChI=1S/C17H15F2N3/c1-11-8-13(10-22-7-3-6-21-22)9-20-17(11)14-4-5-15(18)12(2)16(14)19/h3-9H,10H2,1-2H3. The smallest absolute Gasteiger partial charge is 0.138 e. The lowest BCUT2D eigenvalue weighted by Gasteiger charge is -2.10. The van der Waals surface area contributed by atoms with Gasteiger partial charge in [-0.15, -0.1) is 0 Å². The molecule has 0 atom stereocenters. The van der Waals surface area contributed by atoms with Crippen LogP contribution < -0.4 is 0 Å². The van der Waals surface area contributed by atoms with E-state index in [1.165, 1.54) is 19.1 Å². The molecule has 3 aromatic rings. The first kappa shape index (κ1) is 14.4. The summed E-state index contributed by atoms with van der Waals surface area (Å²) in [7, 11) is 0. The third-order valence-corrected chi connectivity index (χ3v) is 3.61. The Morgan fingerprint density at radius 1 is 1.18 bits per heavy atom. The molecule has 2 aromatic heterocycles. The molecule has 0 saturated heterocycles. The minimum atomic E-state index is -0.560. The monoisotopic (exact) mass is 299 g/mol. The van der Waals surface area contributed by atoms with Crippen LogP contribution in [0.3, 0.4) is 0 Å². The van der Waals surface area contributed by atoms with E-state index in [2.05, 4.69) is 10.1 Å². The minimum Gasteiger partial charge on any atom is -0.268 e. The van der Waals surface area contributed by atoms with Crippen molar-refractivity contribution in [2.45, 2.75) is 20.4 Å². The molecule has 0 N–H and O–H groups in total. The Balaban J connectivity index is 1.97. The molecule has 22 heavy (non-hydrogen) atoms. The normalized spacial score (nSPS) is 10.9. The second kappa shape index (κ2) is 5.67. The Kier molecular flexibility index (Phi) is 3.71. The minimum absolute atomic E-state index is 0.0133. The Bertz CT molecular complexity index is 811. The Labute approximate surface area is 127 Å². The van der Waals surface area contributed by atoms with E-state index in [1.807, 2.05) is 25.3 Å². The molecule has 5 heteroatoms. The molecule has 3 rings (SSSR count). The molecule has 112 valence electrons. The van der Waals surface area contributed by atoms with Gasteiger partial charge in [0, 0.05) is 29.7 Å². The van der Waals surface area contributed by atoms with Crippen molar-refractivity contribution in [3.8, 4) is 11.3 Å². The van der Waals surface area contributed by atoms with Gasteiger partial charge in [0.1, 0.15) is 11.6 Å². The molecule has 2 heterocycles. The number of aromatic nitrogens is 3. The van der Waals surface area contributed by atoms with Gasteiger partial charge in [-0.25, -0.2) is 8.78 Å². The maximum Gasteiger partial charge on any atom is 0.138 e. The summed E-state index contributed by atoms with van der Waals surface area (Å²) in [6, 6.07) is 6.50. The van der Waals surface area contributed by atoms with Gasteiger partial charge in [0.05, 0.1) is 12.2 Å². The third kappa shape index (κ3) is 2.62. The van der Waals surface area contributed by atoms with Gasteiger partial charge in [0.2, 0.25) is 0 Å². The first-order chi connectivity index (χ1) is 10.6. The lowest BCUT2D eigenvalue weighted by atomic mass is 10.0. The van der Waals surface area contributed by atoms with Gasteiger partial charge in [-0.2, -0.15) is 5.10 Å². The summed E-state index contributed by atoms with van der Waals surface area (Å²) in [6.07, 6.45) is 5.28. The van der Waals surface area contributed by atoms with Crippen molar-refractivity contribution in [1.29, 1.82) is 0 Å². The number of hydrogen-bond acceptors (Lipinski definition) is 2. The van der Waals surface area contributed by atoms with Crippen LogP contribution in [0.1, 0.15) is 16.7 Å². The molecule has 0 aliphatic carbocycles. The average molecular weight is 299 g/mol. The van der Waals surface area contributed by atoms with Gasteiger partial charge >= 0.3 is 0 Å².